The maximum absolute atomic E-state index is 13.1. The Morgan fingerprint density at radius 3 is 2.37 bits per heavy atom. The van der Waals surface area contributed by atoms with Crippen molar-refractivity contribution in [3.63, 3.8) is 0 Å². The van der Waals surface area contributed by atoms with Crippen LogP contribution in [-0.4, -0.2) is 48.9 Å². The van der Waals surface area contributed by atoms with Gasteiger partial charge in [-0.3, -0.25) is 4.79 Å². The van der Waals surface area contributed by atoms with Crippen molar-refractivity contribution in [3.05, 3.63) is 72.0 Å². The van der Waals surface area contributed by atoms with Crippen molar-refractivity contribution in [1.29, 1.82) is 0 Å². The number of nitrogens with zero attached hydrogens (tertiary/aromatic N) is 2. The van der Waals surface area contributed by atoms with Gasteiger partial charge in [-0.2, -0.15) is 0 Å². The Kier molecular flexibility index (Phi) is 5.74. The summed E-state index contributed by atoms with van der Waals surface area (Å²) in [5.74, 6) is 0.601. The average Bonchev–Trinajstić information content (AvgIpc) is 3.21. The Bertz CT molecular complexity index is 987. The standard InChI is InChI=1S/C24H27N3O3/c1-26(2)24(29)27-14-12-18(13-15-27)23(28)25-22(17-8-4-3-5-9-17)21-16-19-10-6-7-11-20(19)30-21/h3-11,16,18,22H,12-15H2,1-2H3,(H,25,28)/t22-/m1/s1. The van der Waals surface area contributed by atoms with Crippen LogP contribution in [-0.2, 0) is 4.79 Å². The third-order valence-corrected chi connectivity index (χ3v) is 5.67. The molecule has 2 aromatic carbocycles. The molecule has 3 aromatic rings. The number of hydrogen-bond donors (Lipinski definition) is 1. The van der Waals surface area contributed by atoms with E-state index in [1.807, 2.05) is 60.7 Å². The van der Waals surface area contributed by atoms with Gasteiger partial charge in [0.15, 0.2) is 0 Å². The fourth-order valence-corrected chi connectivity index (χ4v) is 3.98. The van der Waals surface area contributed by atoms with E-state index in [-0.39, 0.29) is 23.9 Å². The van der Waals surface area contributed by atoms with E-state index in [2.05, 4.69) is 5.32 Å². The zero-order chi connectivity index (χ0) is 21.1. The minimum atomic E-state index is -0.354. The summed E-state index contributed by atoms with van der Waals surface area (Å²) < 4.78 is 6.07. The lowest BCUT2D eigenvalue weighted by molar-refractivity contribution is -0.126. The molecule has 0 radical (unpaired) electrons. The Balaban J connectivity index is 1.51. The lowest BCUT2D eigenvalue weighted by Gasteiger charge is -2.33. The van der Waals surface area contributed by atoms with Crippen LogP contribution < -0.4 is 5.32 Å². The monoisotopic (exact) mass is 405 g/mol. The minimum absolute atomic E-state index is 0.00117. The van der Waals surface area contributed by atoms with Gasteiger partial charge in [0.05, 0.1) is 0 Å². The molecule has 1 aromatic heterocycles. The summed E-state index contributed by atoms with van der Waals surface area (Å²) >= 11 is 0. The quantitative estimate of drug-likeness (QED) is 0.713. The highest BCUT2D eigenvalue weighted by atomic mass is 16.3. The van der Waals surface area contributed by atoms with Crippen LogP contribution in [0.25, 0.3) is 11.0 Å². The number of urea groups is 1. The number of hydrogen-bond acceptors (Lipinski definition) is 3. The van der Waals surface area contributed by atoms with Gasteiger partial charge in [-0.15, -0.1) is 0 Å². The molecule has 1 aliphatic heterocycles. The van der Waals surface area contributed by atoms with E-state index in [1.54, 1.807) is 23.9 Å². The normalized spacial score (nSPS) is 15.7. The van der Waals surface area contributed by atoms with E-state index < -0.39 is 0 Å². The van der Waals surface area contributed by atoms with Gasteiger partial charge in [-0.1, -0.05) is 48.5 Å². The van der Waals surface area contributed by atoms with Crippen molar-refractivity contribution >= 4 is 22.9 Å². The van der Waals surface area contributed by atoms with Crippen LogP contribution in [0.2, 0.25) is 0 Å². The summed E-state index contributed by atoms with van der Waals surface area (Å²) in [5, 5.41) is 4.21. The molecule has 6 heteroatoms. The second kappa shape index (κ2) is 8.61. The summed E-state index contributed by atoms with van der Waals surface area (Å²) in [6, 6.07) is 19.4. The highest BCUT2D eigenvalue weighted by Crippen LogP contribution is 2.29. The predicted octanol–water partition coefficient (Wildman–Crippen LogP) is 4.03. The van der Waals surface area contributed by atoms with Gasteiger partial charge in [-0.25, -0.2) is 4.79 Å². The average molecular weight is 405 g/mol. The number of fused-ring (bicyclic) bond motifs is 1. The molecule has 1 aliphatic rings. The zero-order valence-electron chi connectivity index (χ0n) is 17.4. The van der Waals surface area contributed by atoms with Gasteiger partial charge in [0.2, 0.25) is 5.91 Å². The number of para-hydroxylation sites is 1. The van der Waals surface area contributed by atoms with Gasteiger partial charge in [-0.05, 0) is 30.5 Å². The van der Waals surface area contributed by atoms with Crippen LogP contribution in [0.4, 0.5) is 4.79 Å². The minimum Gasteiger partial charge on any atom is -0.459 e. The summed E-state index contributed by atoms with van der Waals surface area (Å²) in [7, 11) is 3.50. The van der Waals surface area contributed by atoms with E-state index >= 15 is 0 Å². The van der Waals surface area contributed by atoms with Crippen molar-refractivity contribution in [2.45, 2.75) is 18.9 Å². The molecule has 0 spiro atoms. The molecule has 30 heavy (non-hydrogen) atoms. The first kappa shape index (κ1) is 20.0. The van der Waals surface area contributed by atoms with E-state index in [4.69, 9.17) is 4.42 Å². The molecule has 0 saturated carbocycles. The molecule has 156 valence electrons. The van der Waals surface area contributed by atoms with Crippen molar-refractivity contribution in [2.24, 2.45) is 5.92 Å². The molecule has 1 atom stereocenters. The van der Waals surface area contributed by atoms with Crippen LogP contribution in [0.5, 0.6) is 0 Å². The fourth-order valence-electron chi connectivity index (χ4n) is 3.98. The van der Waals surface area contributed by atoms with Gasteiger partial charge in [0.25, 0.3) is 0 Å². The Morgan fingerprint density at radius 1 is 1.03 bits per heavy atom. The number of carbonyl (C=O) groups is 2. The second-order valence-corrected chi connectivity index (χ2v) is 7.98. The third-order valence-electron chi connectivity index (χ3n) is 5.67. The van der Waals surface area contributed by atoms with Crippen molar-refractivity contribution in [1.82, 2.24) is 15.1 Å². The first-order chi connectivity index (χ1) is 14.5. The zero-order valence-corrected chi connectivity index (χ0v) is 17.4. The highest BCUT2D eigenvalue weighted by Gasteiger charge is 2.30. The Labute approximate surface area is 176 Å². The number of likely N-dealkylation sites (tertiary alicyclic amines) is 1. The van der Waals surface area contributed by atoms with Crippen LogP contribution in [0, 0.1) is 5.92 Å². The van der Waals surface area contributed by atoms with Gasteiger partial charge < -0.3 is 19.5 Å². The SMILES string of the molecule is CN(C)C(=O)N1CCC(C(=O)N[C@H](c2ccccc2)c2cc3ccccc3o2)CC1. The van der Waals surface area contributed by atoms with Gasteiger partial charge >= 0.3 is 6.03 Å². The summed E-state index contributed by atoms with van der Waals surface area (Å²) in [6.07, 6.45) is 1.32. The molecule has 4 rings (SSSR count). The molecule has 1 saturated heterocycles. The molecule has 1 N–H and O–H groups in total. The maximum Gasteiger partial charge on any atom is 0.319 e. The third kappa shape index (κ3) is 4.17. The molecule has 0 bridgehead atoms. The number of nitrogens with one attached hydrogen (secondary N) is 1. The van der Waals surface area contributed by atoms with E-state index in [0.29, 0.717) is 25.9 Å². The number of carbonyl (C=O) groups excluding carboxylic acids is 2. The van der Waals surface area contributed by atoms with Gasteiger partial charge in [0.1, 0.15) is 17.4 Å². The van der Waals surface area contributed by atoms with Crippen LogP contribution in [0.15, 0.2) is 65.1 Å². The van der Waals surface area contributed by atoms with Gasteiger partial charge in [0, 0.05) is 38.5 Å². The van der Waals surface area contributed by atoms with Crippen molar-refractivity contribution < 1.29 is 14.0 Å². The van der Waals surface area contributed by atoms with Crippen LogP contribution in [0.3, 0.4) is 0 Å². The number of benzene rings is 2. The second-order valence-electron chi connectivity index (χ2n) is 7.98. The summed E-state index contributed by atoms with van der Waals surface area (Å²) in [6.45, 7) is 1.19. The molecular formula is C24H27N3O3. The van der Waals surface area contributed by atoms with Crippen LogP contribution in [0.1, 0.15) is 30.2 Å². The molecule has 0 unspecified atom stereocenters. The molecule has 1 fully saturated rings. The van der Waals surface area contributed by atoms with Crippen molar-refractivity contribution in [2.75, 3.05) is 27.2 Å². The van der Waals surface area contributed by atoms with E-state index in [9.17, 15) is 9.59 Å². The summed E-state index contributed by atoms with van der Waals surface area (Å²) in [5.41, 5.74) is 1.78. The topological polar surface area (TPSA) is 65.8 Å². The lowest BCUT2D eigenvalue weighted by Crippen LogP contribution is -2.46. The Hall–Kier alpha value is -3.28. The van der Waals surface area contributed by atoms with E-state index in [0.717, 1.165) is 22.3 Å². The maximum atomic E-state index is 13.1. The van der Waals surface area contributed by atoms with E-state index in [1.165, 1.54) is 0 Å². The molecule has 2 heterocycles. The molecule has 6 nitrogen and oxygen atoms in total. The van der Waals surface area contributed by atoms with Crippen LogP contribution >= 0.6 is 0 Å². The Morgan fingerprint density at radius 2 is 1.70 bits per heavy atom. The number of rotatable bonds is 4. The smallest absolute Gasteiger partial charge is 0.319 e. The predicted molar refractivity (Wildman–Crippen MR) is 116 cm³/mol. The molecule has 3 amide bonds. The number of furan rings is 1. The molecular weight excluding hydrogens is 378 g/mol. The first-order valence-electron chi connectivity index (χ1n) is 10.3. The lowest BCUT2D eigenvalue weighted by atomic mass is 9.94. The van der Waals surface area contributed by atoms with Crippen molar-refractivity contribution in [3.8, 4) is 0 Å². The number of amides is 3. The molecule has 0 aliphatic carbocycles. The largest absolute Gasteiger partial charge is 0.459 e. The highest BCUT2D eigenvalue weighted by molar-refractivity contribution is 5.81. The first-order valence-corrected chi connectivity index (χ1v) is 10.3. The number of piperidine rings is 1. The fraction of sp³-hybridized carbons (Fsp3) is 0.333. The summed E-state index contributed by atoms with van der Waals surface area (Å²) in [4.78, 5) is 28.6.